The third-order valence-electron chi connectivity index (χ3n) is 4.72. The van der Waals surface area contributed by atoms with E-state index in [9.17, 15) is 0 Å². The van der Waals surface area contributed by atoms with Crippen molar-refractivity contribution in [3.8, 4) is 11.4 Å². The zero-order valence-electron chi connectivity index (χ0n) is 16.3. The molecule has 2 aromatic carbocycles. The Hall–Kier alpha value is -1.89. The van der Waals surface area contributed by atoms with Crippen molar-refractivity contribution in [1.29, 1.82) is 0 Å². The van der Waals surface area contributed by atoms with Crippen LogP contribution in [-0.2, 0) is 12.3 Å². The fourth-order valence-corrected chi connectivity index (χ4v) is 5.26. The number of benzene rings is 2. The van der Waals surface area contributed by atoms with Crippen molar-refractivity contribution in [3.63, 3.8) is 0 Å². The van der Waals surface area contributed by atoms with Gasteiger partial charge in [-0.2, -0.15) is 0 Å². The number of halogens is 1. The fourth-order valence-electron chi connectivity index (χ4n) is 3.21. The highest BCUT2D eigenvalue weighted by Crippen LogP contribution is 2.30. The molecule has 0 amide bonds. The monoisotopic (exact) mass is 442 g/mol. The molecule has 0 saturated heterocycles. The van der Waals surface area contributed by atoms with Crippen molar-refractivity contribution < 1.29 is 0 Å². The van der Waals surface area contributed by atoms with Crippen LogP contribution in [0.4, 0.5) is 0 Å². The summed E-state index contributed by atoms with van der Waals surface area (Å²) in [5.41, 5.74) is 2.11. The molecule has 0 unspecified atom stereocenters. The predicted octanol–water partition coefficient (Wildman–Crippen LogP) is 7.08. The van der Waals surface area contributed by atoms with Gasteiger partial charge in [-0.3, -0.25) is 0 Å². The maximum Gasteiger partial charge on any atom is 0.191 e. The first-order chi connectivity index (χ1) is 14.2. The minimum absolute atomic E-state index is 0.730. The Bertz CT molecular complexity index is 1040. The number of thiazole rings is 1. The lowest BCUT2D eigenvalue weighted by atomic mass is 10.2. The molecule has 29 heavy (non-hydrogen) atoms. The average Bonchev–Trinajstić information content (AvgIpc) is 3.34. The van der Waals surface area contributed by atoms with Gasteiger partial charge in [0, 0.05) is 17.1 Å². The summed E-state index contributed by atoms with van der Waals surface area (Å²) in [6.45, 7) is 3.16. The molecule has 0 spiro atoms. The van der Waals surface area contributed by atoms with Gasteiger partial charge in [0.05, 0.1) is 16.0 Å². The second kappa shape index (κ2) is 9.74. The van der Waals surface area contributed by atoms with Crippen LogP contribution in [0.1, 0.15) is 37.6 Å². The summed E-state index contributed by atoms with van der Waals surface area (Å²) in [6.07, 6.45) is 4.83. The molecule has 150 valence electrons. The second-order valence-electron chi connectivity index (χ2n) is 6.89. The number of hydrogen-bond acceptors (Lipinski definition) is 5. The molecule has 2 aromatic heterocycles. The van der Waals surface area contributed by atoms with Gasteiger partial charge in [-0.1, -0.05) is 61.7 Å². The normalized spacial score (nSPS) is 11.4. The molecule has 0 aliphatic heterocycles. The van der Waals surface area contributed by atoms with Crippen LogP contribution in [0.2, 0.25) is 5.02 Å². The first-order valence-corrected chi connectivity index (χ1v) is 12.1. The number of para-hydroxylation sites is 1. The summed E-state index contributed by atoms with van der Waals surface area (Å²) in [7, 11) is 0. The van der Waals surface area contributed by atoms with Crippen molar-refractivity contribution in [2.75, 3.05) is 0 Å². The van der Waals surface area contributed by atoms with E-state index in [1.165, 1.54) is 24.0 Å². The smallest absolute Gasteiger partial charge is 0.191 e. The Kier molecular flexibility index (Phi) is 6.85. The molecule has 0 N–H and O–H groups in total. The zero-order chi connectivity index (χ0) is 20.1. The maximum atomic E-state index is 6.06. The highest BCUT2D eigenvalue weighted by Gasteiger charge is 2.15. The SMILES string of the molecule is CCCCCCn1c(SCc2nc3ccccc3s2)nnc1-c1ccc(Cl)cc1. The number of hydrogen-bond donors (Lipinski definition) is 0. The van der Waals surface area contributed by atoms with E-state index in [1.54, 1.807) is 23.1 Å². The first-order valence-electron chi connectivity index (χ1n) is 9.91. The van der Waals surface area contributed by atoms with Crippen LogP contribution in [0.3, 0.4) is 0 Å². The molecule has 4 aromatic rings. The highest BCUT2D eigenvalue weighted by molar-refractivity contribution is 7.98. The van der Waals surface area contributed by atoms with Crippen LogP contribution in [0.5, 0.6) is 0 Å². The van der Waals surface area contributed by atoms with Crippen LogP contribution >= 0.6 is 34.7 Å². The Morgan fingerprint density at radius 3 is 2.62 bits per heavy atom. The van der Waals surface area contributed by atoms with Gasteiger partial charge in [-0.25, -0.2) is 4.98 Å². The average molecular weight is 443 g/mol. The molecule has 0 fully saturated rings. The molecule has 0 bridgehead atoms. The summed E-state index contributed by atoms with van der Waals surface area (Å²) < 4.78 is 3.47. The number of nitrogens with zero attached hydrogens (tertiary/aromatic N) is 4. The molecule has 0 saturated carbocycles. The van der Waals surface area contributed by atoms with Crippen LogP contribution in [0, 0.1) is 0 Å². The largest absolute Gasteiger partial charge is 0.302 e. The quantitative estimate of drug-likeness (QED) is 0.205. The molecule has 0 aliphatic carbocycles. The van der Waals surface area contributed by atoms with Gasteiger partial charge in [0.25, 0.3) is 0 Å². The number of unbranched alkanes of at least 4 members (excludes halogenated alkanes) is 3. The molecular weight excluding hydrogens is 420 g/mol. The third-order valence-corrected chi connectivity index (χ3v) is 7.17. The first kappa shape index (κ1) is 20.4. The van der Waals surface area contributed by atoms with Gasteiger partial charge < -0.3 is 4.57 Å². The minimum Gasteiger partial charge on any atom is -0.302 e. The van der Waals surface area contributed by atoms with Gasteiger partial charge in [-0.05, 0) is 42.8 Å². The van der Waals surface area contributed by atoms with Crippen molar-refractivity contribution in [2.45, 2.75) is 50.1 Å². The molecule has 2 heterocycles. The van der Waals surface area contributed by atoms with Crippen molar-refractivity contribution in [1.82, 2.24) is 19.7 Å². The molecule has 0 atom stereocenters. The van der Waals surface area contributed by atoms with Crippen LogP contribution in [0.25, 0.3) is 21.6 Å². The summed E-state index contributed by atoms with van der Waals surface area (Å²) in [6, 6.07) is 16.1. The van der Waals surface area contributed by atoms with E-state index in [0.29, 0.717) is 0 Å². The Balaban J connectivity index is 1.55. The molecule has 0 radical (unpaired) electrons. The van der Waals surface area contributed by atoms with E-state index in [0.717, 1.165) is 50.8 Å². The van der Waals surface area contributed by atoms with E-state index in [4.69, 9.17) is 16.6 Å². The van der Waals surface area contributed by atoms with Crippen LogP contribution < -0.4 is 0 Å². The standard InChI is InChI=1S/C22H23ClN4S2/c1-2-3-4-7-14-27-21(16-10-12-17(23)13-11-16)25-26-22(27)28-15-20-24-18-8-5-6-9-19(18)29-20/h5-6,8-13H,2-4,7,14-15H2,1H3. The van der Waals surface area contributed by atoms with E-state index in [-0.39, 0.29) is 0 Å². The molecule has 7 heteroatoms. The van der Waals surface area contributed by atoms with Gasteiger partial charge in [-0.15, -0.1) is 21.5 Å². The van der Waals surface area contributed by atoms with Gasteiger partial charge >= 0.3 is 0 Å². The zero-order valence-corrected chi connectivity index (χ0v) is 18.7. The van der Waals surface area contributed by atoms with Crippen molar-refractivity contribution in [3.05, 3.63) is 58.6 Å². The fraction of sp³-hybridized carbons (Fsp3) is 0.318. The highest BCUT2D eigenvalue weighted by atomic mass is 35.5. The third kappa shape index (κ3) is 5.00. The summed E-state index contributed by atoms with van der Waals surface area (Å²) in [4.78, 5) is 4.74. The van der Waals surface area contributed by atoms with Crippen molar-refractivity contribution in [2.24, 2.45) is 0 Å². The number of rotatable bonds is 9. The predicted molar refractivity (Wildman–Crippen MR) is 124 cm³/mol. The summed E-state index contributed by atoms with van der Waals surface area (Å²) in [5.74, 6) is 1.71. The minimum atomic E-state index is 0.730. The number of fused-ring (bicyclic) bond motifs is 1. The number of thioether (sulfide) groups is 1. The Morgan fingerprint density at radius 1 is 1.00 bits per heavy atom. The molecular formula is C22H23ClN4S2. The maximum absolute atomic E-state index is 6.06. The van der Waals surface area contributed by atoms with E-state index >= 15 is 0 Å². The second-order valence-corrected chi connectivity index (χ2v) is 9.38. The van der Waals surface area contributed by atoms with Crippen LogP contribution in [0.15, 0.2) is 53.7 Å². The molecule has 0 aliphatic rings. The molecule has 4 rings (SSSR count). The topological polar surface area (TPSA) is 43.6 Å². The Labute approximate surface area is 184 Å². The lowest BCUT2D eigenvalue weighted by Gasteiger charge is -2.10. The lowest BCUT2D eigenvalue weighted by molar-refractivity contribution is 0.556. The van der Waals surface area contributed by atoms with Gasteiger partial charge in [0.2, 0.25) is 0 Å². The van der Waals surface area contributed by atoms with Crippen LogP contribution in [-0.4, -0.2) is 19.7 Å². The summed E-state index contributed by atoms with van der Waals surface area (Å²) >= 11 is 9.52. The van der Waals surface area contributed by atoms with E-state index in [2.05, 4.69) is 39.9 Å². The summed E-state index contributed by atoms with van der Waals surface area (Å²) in [5, 5.41) is 11.8. The molecule has 4 nitrogen and oxygen atoms in total. The van der Waals surface area contributed by atoms with E-state index < -0.39 is 0 Å². The van der Waals surface area contributed by atoms with Crippen molar-refractivity contribution >= 4 is 44.9 Å². The van der Waals surface area contributed by atoms with Gasteiger partial charge in [0.1, 0.15) is 5.01 Å². The Morgan fingerprint density at radius 2 is 1.83 bits per heavy atom. The lowest BCUT2D eigenvalue weighted by Crippen LogP contribution is -2.03. The van der Waals surface area contributed by atoms with Gasteiger partial charge in [0.15, 0.2) is 11.0 Å². The number of aromatic nitrogens is 4. The van der Waals surface area contributed by atoms with E-state index in [1.807, 2.05) is 30.3 Å².